The lowest BCUT2D eigenvalue weighted by atomic mass is 10.3. The maximum absolute atomic E-state index is 13.4. The Bertz CT molecular complexity index is 543. The first kappa shape index (κ1) is 14.0. The summed E-state index contributed by atoms with van der Waals surface area (Å²) in [6, 6.07) is 11.8. The number of anilines is 1. The van der Waals surface area contributed by atoms with Crippen molar-refractivity contribution in [1.29, 1.82) is 0 Å². The molecule has 19 heavy (non-hydrogen) atoms. The summed E-state index contributed by atoms with van der Waals surface area (Å²) in [4.78, 5) is 0. The Kier molecular flexibility index (Phi) is 4.88. The van der Waals surface area contributed by atoms with E-state index in [0.717, 1.165) is 5.69 Å². The molecule has 2 aromatic carbocycles. The van der Waals surface area contributed by atoms with Crippen LogP contribution in [0.5, 0.6) is 5.75 Å². The number of nitrogens with one attached hydrogen (secondary N) is 1. The number of ether oxygens (including phenoxy) is 1. The molecule has 0 atom stereocenters. The predicted octanol–water partition coefficient (Wildman–Crippen LogP) is 4.62. The molecular formula is C14H12Cl2FNO. The van der Waals surface area contributed by atoms with Gasteiger partial charge < -0.3 is 10.1 Å². The maximum atomic E-state index is 13.4. The fraction of sp³-hybridized carbons (Fsp3) is 0.143. The van der Waals surface area contributed by atoms with Crippen LogP contribution < -0.4 is 10.1 Å². The SMILES string of the molecule is Fc1cccc(Cl)c1OCCNc1cccc(Cl)c1. The van der Waals surface area contributed by atoms with Crippen molar-refractivity contribution in [2.45, 2.75) is 0 Å². The number of benzene rings is 2. The molecule has 2 rings (SSSR count). The van der Waals surface area contributed by atoms with Crippen LogP contribution in [0.2, 0.25) is 10.0 Å². The number of hydrogen-bond donors (Lipinski definition) is 1. The highest BCUT2D eigenvalue weighted by Gasteiger charge is 2.07. The van der Waals surface area contributed by atoms with Crippen molar-refractivity contribution in [2.24, 2.45) is 0 Å². The fourth-order valence-electron chi connectivity index (χ4n) is 1.57. The van der Waals surface area contributed by atoms with E-state index in [1.165, 1.54) is 12.1 Å². The number of para-hydroxylation sites is 1. The molecule has 0 amide bonds. The average Bonchev–Trinajstić information content (AvgIpc) is 2.37. The zero-order valence-electron chi connectivity index (χ0n) is 10.00. The van der Waals surface area contributed by atoms with Gasteiger partial charge in [-0.2, -0.15) is 0 Å². The highest BCUT2D eigenvalue weighted by atomic mass is 35.5. The van der Waals surface area contributed by atoms with E-state index >= 15 is 0 Å². The van der Waals surface area contributed by atoms with Crippen LogP contribution in [-0.4, -0.2) is 13.2 Å². The van der Waals surface area contributed by atoms with Crippen LogP contribution in [0.15, 0.2) is 42.5 Å². The molecule has 0 fully saturated rings. The van der Waals surface area contributed by atoms with E-state index < -0.39 is 5.82 Å². The van der Waals surface area contributed by atoms with Crippen LogP contribution in [0, 0.1) is 5.82 Å². The first-order chi connectivity index (χ1) is 9.16. The van der Waals surface area contributed by atoms with Crippen molar-refractivity contribution >= 4 is 28.9 Å². The predicted molar refractivity (Wildman–Crippen MR) is 76.8 cm³/mol. The molecule has 5 heteroatoms. The van der Waals surface area contributed by atoms with Gasteiger partial charge in [-0.25, -0.2) is 4.39 Å². The Morgan fingerprint density at radius 1 is 1.11 bits per heavy atom. The normalized spacial score (nSPS) is 10.3. The van der Waals surface area contributed by atoms with Gasteiger partial charge in [-0.1, -0.05) is 35.3 Å². The average molecular weight is 300 g/mol. The van der Waals surface area contributed by atoms with E-state index in [9.17, 15) is 4.39 Å². The van der Waals surface area contributed by atoms with Gasteiger partial charge >= 0.3 is 0 Å². The van der Waals surface area contributed by atoms with Crippen molar-refractivity contribution in [3.63, 3.8) is 0 Å². The van der Waals surface area contributed by atoms with E-state index in [0.29, 0.717) is 18.2 Å². The van der Waals surface area contributed by atoms with Gasteiger partial charge in [-0.05, 0) is 30.3 Å². The summed E-state index contributed by atoms with van der Waals surface area (Å²) in [6.07, 6.45) is 0. The highest BCUT2D eigenvalue weighted by molar-refractivity contribution is 6.32. The van der Waals surface area contributed by atoms with Crippen LogP contribution in [0.25, 0.3) is 0 Å². The smallest absolute Gasteiger partial charge is 0.173 e. The minimum atomic E-state index is -0.463. The topological polar surface area (TPSA) is 21.3 Å². The Morgan fingerprint density at radius 2 is 1.89 bits per heavy atom. The number of rotatable bonds is 5. The van der Waals surface area contributed by atoms with E-state index in [2.05, 4.69) is 5.32 Å². The quantitative estimate of drug-likeness (QED) is 0.813. The largest absolute Gasteiger partial charge is 0.487 e. The van der Waals surface area contributed by atoms with E-state index in [-0.39, 0.29) is 10.8 Å². The molecule has 0 spiro atoms. The molecule has 1 N–H and O–H groups in total. The summed E-state index contributed by atoms with van der Waals surface area (Å²) < 4.78 is 18.7. The zero-order valence-corrected chi connectivity index (χ0v) is 11.5. The Morgan fingerprint density at radius 3 is 2.63 bits per heavy atom. The van der Waals surface area contributed by atoms with Crippen LogP contribution in [0.3, 0.4) is 0 Å². The molecule has 0 aromatic heterocycles. The van der Waals surface area contributed by atoms with Crippen molar-refractivity contribution in [2.75, 3.05) is 18.5 Å². The van der Waals surface area contributed by atoms with Crippen molar-refractivity contribution < 1.29 is 9.13 Å². The van der Waals surface area contributed by atoms with Gasteiger partial charge in [0.1, 0.15) is 6.61 Å². The van der Waals surface area contributed by atoms with Crippen molar-refractivity contribution in [3.05, 3.63) is 58.3 Å². The van der Waals surface area contributed by atoms with Crippen molar-refractivity contribution in [1.82, 2.24) is 0 Å². The Hall–Kier alpha value is -1.45. The van der Waals surface area contributed by atoms with Gasteiger partial charge in [0, 0.05) is 17.3 Å². The lowest BCUT2D eigenvalue weighted by molar-refractivity contribution is 0.315. The minimum absolute atomic E-state index is 0.0806. The first-order valence-electron chi connectivity index (χ1n) is 5.73. The second-order valence-corrected chi connectivity index (χ2v) is 4.68. The van der Waals surface area contributed by atoms with Crippen LogP contribution in [0.4, 0.5) is 10.1 Å². The van der Waals surface area contributed by atoms with Crippen LogP contribution in [-0.2, 0) is 0 Å². The van der Waals surface area contributed by atoms with E-state index in [4.69, 9.17) is 27.9 Å². The molecule has 0 saturated carbocycles. The molecule has 0 unspecified atom stereocenters. The molecular weight excluding hydrogens is 288 g/mol. The Balaban J connectivity index is 1.84. The fourth-order valence-corrected chi connectivity index (χ4v) is 1.98. The molecule has 0 bridgehead atoms. The molecule has 100 valence electrons. The molecule has 0 aliphatic heterocycles. The molecule has 0 radical (unpaired) electrons. The maximum Gasteiger partial charge on any atom is 0.173 e. The summed E-state index contributed by atoms with van der Waals surface area (Å²) >= 11 is 11.7. The molecule has 0 aliphatic carbocycles. The van der Waals surface area contributed by atoms with Gasteiger partial charge in [0.25, 0.3) is 0 Å². The third-order valence-corrected chi connectivity index (χ3v) is 2.95. The highest BCUT2D eigenvalue weighted by Crippen LogP contribution is 2.27. The lowest BCUT2D eigenvalue weighted by Gasteiger charge is -2.10. The van der Waals surface area contributed by atoms with Crippen LogP contribution in [0.1, 0.15) is 0 Å². The standard InChI is InChI=1S/C14H12Cl2FNO/c15-10-3-1-4-11(9-10)18-7-8-19-14-12(16)5-2-6-13(14)17/h1-6,9,18H,7-8H2. The third kappa shape index (κ3) is 4.01. The van der Waals surface area contributed by atoms with E-state index in [1.54, 1.807) is 18.2 Å². The summed E-state index contributed by atoms with van der Waals surface area (Å²) in [7, 11) is 0. The van der Waals surface area contributed by atoms with E-state index in [1.807, 2.05) is 12.1 Å². The zero-order chi connectivity index (χ0) is 13.7. The lowest BCUT2D eigenvalue weighted by Crippen LogP contribution is -2.12. The van der Waals surface area contributed by atoms with Gasteiger partial charge in [-0.15, -0.1) is 0 Å². The second-order valence-electron chi connectivity index (χ2n) is 3.84. The molecule has 0 aliphatic rings. The molecule has 0 heterocycles. The summed E-state index contributed by atoms with van der Waals surface area (Å²) in [5.74, 6) is -0.382. The van der Waals surface area contributed by atoms with Gasteiger partial charge in [0.05, 0.1) is 5.02 Å². The van der Waals surface area contributed by atoms with Crippen molar-refractivity contribution in [3.8, 4) is 5.75 Å². The molecule has 2 aromatic rings. The van der Waals surface area contributed by atoms with Gasteiger partial charge in [0.2, 0.25) is 0 Å². The third-order valence-electron chi connectivity index (χ3n) is 2.42. The molecule has 0 saturated heterocycles. The van der Waals surface area contributed by atoms with Gasteiger partial charge in [-0.3, -0.25) is 0 Å². The van der Waals surface area contributed by atoms with Gasteiger partial charge in [0.15, 0.2) is 11.6 Å². The van der Waals surface area contributed by atoms with Crippen LogP contribution >= 0.6 is 23.2 Å². The summed E-state index contributed by atoms with van der Waals surface area (Å²) in [5.41, 5.74) is 0.885. The number of halogens is 3. The first-order valence-corrected chi connectivity index (χ1v) is 6.48. The second kappa shape index (κ2) is 6.64. The minimum Gasteiger partial charge on any atom is -0.487 e. The summed E-state index contributed by atoms with van der Waals surface area (Å²) in [5, 5.41) is 4.04. The summed E-state index contributed by atoms with van der Waals surface area (Å²) in [6.45, 7) is 0.818. The molecule has 2 nitrogen and oxygen atoms in total. The monoisotopic (exact) mass is 299 g/mol. The Labute approximate surface area is 121 Å². The number of hydrogen-bond acceptors (Lipinski definition) is 2.